The predicted octanol–water partition coefficient (Wildman–Crippen LogP) is 4.53. The second-order valence-electron chi connectivity index (χ2n) is 10.9. The SMILES string of the molecule is CC(C)Nc1cc(C(=O)NC2CC3CCCN(c4ccc(C(=O)C5CC5)cn4)C3C2)c(Br)cc1C(N)=O. The monoisotopic (exact) mass is 567 g/mol. The van der Waals surface area contributed by atoms with E-state index >= 15 is 0 Å². The van der Waals surface area contributed by atoms with Gasteiger partial charge in [-0.25, -0.2) is 4.98 Å². The fraction of sp³-hybridized carbons (Fsp3) is 0.500. The van der Waals surface area contributed by atoms with Crippen LogP contribution in [0, 0.1) is 11.8 Å². The Labute approximate surface area is 225 Å². The van der Waals surface area contributed by atoms with E-state index in [1.807, 2.05) is 26.0 Å². The summed E-state index contributed by atoms with van der Waals surface area (Å²) in [5.74, 6) is 1.06. The first-order chi connectivity index (χ1) is 17.7. The Bertz CT molecular complexity index is 1210. The number of carbonyl (C=O) groups is 3. The van der Waals surface area contributed by atoms with Crippen molar-refractivity contribution in [2.45, 2.75) is 70.5 Å². The van der Waals surface area contributed by atoms with Crippen LogP contribution in [-0.4, -0.2) is 47.3 Å². The number of fused-ring (bicyclic) bond motifs is 1. The summed E-state index contributed by atoms with van der Waals surface area (Å²) in [6.07, 6.45) is 7.68. The van der Waals surface area contributed by atoms with Crippen LogP contribution >= 0.6 is 15.9 Å². The van der Waals surface area contributed by atoms with Crippen LogP contribution in [0.2, 0.25) is 0 Å². The van der Waals surface area contributed by atoms with Crippen LogP contribution in [0.25, 0.3) is 0 Å². The molecule has 3 atom stereocenters. The van der Waals surface area contributed by atoms with Crippen LogP contribution in [0.3, 0.4) is 0 Å². The zero-order valence-electron chi connectivity index (χ0n) is 21.3. The largest absolute Gasteiger partial charge is 0.382 e. The number of nitrogens with one attached hydrogen (secondary N) is 2. The molecule has 3 aliphatic rings. The number of Topliss-reactive ketones (excluding diaryl/α,β-unsaturated/α-hetero) is 1. The third kappa shape index (κ3) is 5.51. The number of hydrogen-bond acceptors (Lipinski definition) is 6. The molecule has 8 nitrogen and oxygen atoms in total. The molecule has 2 amide bonds. The maximum atomic E-state index is 13.3. The first kappa shape index (κ1) is 25.7. The van der Waals surface area contributed by atoms with Crippen molar-refractivity contribution in [1.82, 2.24) is 10.3 Å². The molecule has 0 radical (unpaired) electrons. The molecule has 5 rings (SSSR count). The maximum Gasteiger partial charge on any atom is 0.252 e. The number of pyridine rings is 1. The molecule has 3 unspecified atom stereocenters. The van der Waals surface area contributed by atoms with E-state index in [0.717, 1.165) is 50.9 Å². The summed E-state index contributed by atoms with van der Waals surface area (Å²) >= 11 is 3.46. The smallest absolute Gasteiger partial charge is 0.252 e. The number of ketones is 1. The third-order valence-corrected chi connectivity index (χ3v) is 8.36. The standard InChI is InChI=1S/C28H34BrN5O3/c1-15(2)32-23-13-20(22(29)12-21(23)27(30)36)28(37)33-19-10-17-4-3-9-34(24(17)11-19)25-8-7-18(14-31-25)26(35)16-5-6-16/h7-8,12-17,19,24,32H,3-6,9-11H2,1-2H3,(H2,30,36)(H,33,37). The van der Waals surface area contributed by atoms with Crippen molar-refractivity contribution in [1.29, 1.82) is 0 Å². The minimum atomic E-state index is -0.547. The topological polar surface area (TPSA) is 117 Å². The van der Waals surface area contributed by atoms with Gasteiger partial charge in [0, 0.05) is 52.5 Å². The molecule has 1 aliphatic heterocycles. The second-order valence-corrected chi connectivity index (χ2v) is 11.7. The Hall–Kier alpha value is -2.94. The zero-order chi connectivity index (χ0) is 26.3. The molecule has 0 bridgehead atoms. The number of nitrogens with zero attached hydrogens (tertiary/aromatic N) is 2. The van der Waals surface area contributed by atoms with E-state index in [1.54, 1.807) is 18.3 Å². The van der Waals surface area contributed by atoms with Gasteiger partial charge in [0.25, 0.3) is 11.8 Å². The number of primary amides is 1. The molecule has 196 valence electrons. The number of carbonyl (C=O) groups excluding carboxylic acids is 3. The van der Waals surface area contributed by atoms with E-state index in [0.29, 0.717) is 38.8 Å². The Kier molecular flexibility index (Phi) is 7.25. The predicted molar refractivity (Wildman–Crippen MR) is 147 cm³/mol. The van der Waals surface area contributed by atoms with Crippen molar-refractivity contribution < 1.29 is 14.4 Å². The van der Waals surface area contributed by atoms with Crippen molar-refractivity contribution in [3.8, 4) is 0 Å². The molecule has 4 N–H and O–H groups in total. The van der Waals surface area contributed by atoms with Crippen LogP contribution in [0.4, 0.5) is 11.5 Å². The summed E-state index contributed by atoms with van der Waals surface area (Å²) < 4.78 is 0.537. The summed E-state index contributed by atoms with van der Waals surface area (Å²) in [7, 11) is 0. The molecule has 2 aromatic rings. The Morgan fingerprint density at radius 3 is 2.54 bits per heavy atom. The highest BCUT2D eigenvalue weighted by Gasteiger charge is 2.41. The Morgan fingerprint density at radius 2 is 1.89 bits per heavy atom. The van der Waals surface area contributed by atoms with Gasteiger partial charge in [0.1, 0.15) is 5.82 Å². The van der Waals surface area contributed by atoms with E-state index in [1.165, 1.54) is 0 Å². The minimum Gasteiger partial charge on any atom is -0.382 e. The van der Waals surface area contributed by atoms with Crippen molar-refractivity contribution in [2.24, 2.45) is 17.6 Å². The third-order valence-electron chi connectivity index (χ3n) is 7.70. The Balaban J connectivity index is 1.29. The summed E-state index contributed by atoms with van der Waals surface area (Å²) in [6, 6.07) is 7.62. The molecule has 1 saturated heterocycles. The minimum absolute atomic E-state index is 0.0445. The molecule has 1 aromatic carbocycles. The number of benzene rings is 1. The molecule has 9 heteroatoms. The van der Waals surface area contributed by atoms with Gasteiger partial charge in [0.2, 0.25) is 0 Å². The van der Waals surface area contributed by atoms with Gasteiger partial charge < -0.3 is 21.3 Å². The fourth-order valence-electron chi connectivity index (χ4n) is 5.81. The van der Waals surface area contributed by atoms with Crippen LogP contribution in [-0.2, 0) is 0 Å². The fourth-order valence-corrected chi connectivity index (χ4v) is 6.34. The van der Waals surface area contributed by atoms with Crippen molar-refractivity contribution in [2.75, 3.05) is 16.8 Å². The number of aromatic nitrogens is 1. The lowest BCUT2D eigenvalue weighted by atomic mass is 9.92. The van der Waals surface area contributed by atoms with Crippen molar-refractivity contribution >= 4 is 45.0 Å². The van der Waals surface area contributed by atoms with Crippen molar-refractivity contribution in [3.05, 3.63) is 51.6 Å². The van der Waals surface area contributed by atoms with Gasteiger partial charge in [-0.1, -0.05) is 0 Å². The van der Waals surface area contributed by atoms with Gasteiger partial charge in [-0.15, -0.1) is 0 Å². The van der Waals surface area contributed by atoms with Gasteiger partial charge in [-0.3, -0.25) is 14.4 Å². The first-order valence-electron chi connectivity index (χ1n) is 13.2. The number of hydrogen-bond donors (Lipinski definition) is 3. The van der Waals surface area contributed by atoms with Gasteiger partial charge in [0.05, 0.1) is 11.1 Å². The normalized spacial score (nSPS) is 23.0. The highest BCUT2D eigenvalue weighted by atomic mass is 79.9. The molecule has 3 fully saturated rings. The number of nitrogens with two attached hydrogens (primary N) is 1. The van der Waals surface area contributed by atoms with E-state index in [2.05, 4.69) is 36.4 Å². The van der Waals surface area contributed by atoms with Crippen molar-refractivity contribution in [3.63, 3.8) is 0 Å². The molecule has 0 spiro atoms. The summed E-state index contributed by atoms with van der Waals surface area (Å²) in [4.78, 5) is 44.6. The molecule has 2 aliphatic carbocycles. The molecular formula is C28H34BrN5O3. The van der Waals surface area contributed by atoms with Crippen LogP contribution in [0.5, 0.6) is 0 Å². The van der Waals surface area contributed by atoms with E-state index in [-0.39, 0.29) is 29.7 Å². The first-order valence-corrected chi connectivity index (χ1v) is 14.0. The molecular weight excluding hydrogens is 534 g/mol. The van der Waals surface area contributed by atoms with E-state index < -0.39 is 5.91 Å². The zero-order valence-corrected chi connectivity index (χ0v) is 22.9. The molecule has 2 heterocycles. The lowest BCUT2D eigenvalue weighted by Crippen LogP contribution is -2.43. The maximum absolute atomic E-state index is 13.3. The number of anilines is 2. The van der Waals surface area contributed by atoms with Crippen LogP contribution < -0.4 is 21.3 Å². The van der Waals surface area contributed by atoms with E-state index in [4.69, 9.17) is 5.73 Å². The van der Waals surface area contributed by atoms with Gasteiger partial charge in [-0.05, 0) is 98.5 Å². The summed E-state index contributed by atoms with van der Waals surface area (Å²) in [5, 5.41) is 6.45. The molecule has 1 aromatic heterocycles. The Morgan fingerprint density at radius 1 is 1.11 bits per heavy atom. The molecule has 37 heavy (non-hydrogen) atoms. The van der Waals surface area contributed by atoms with E-state index in [9.17, 15) is 14.4 Å². The van der Waals surface area contributed by atoms with Gasteiger partial charge in [-0.2, -0.15) is 0 Å². The highest BCUT2D eigenvalue weighted by molar-refractivity contribution is 9.10. The average molecular weight is 569 g/mol. The average Bonchev–Trinajstić information content (AvgIpc) is 3.63. The lowest BCUT2D eigenvalue weighted by Gasteiger charge is -2.38. The van der Waals surface area contributed by atoms with Crippen LogP contribution in [0.1, 0.15) is 83.4 Å². The number of rotatable bonds is 8. The summed E-state index contributed by atoms with van der Waals surface area (Å²) in [5.41, 5.74) is 7.63. The number of halogens is 1. The van der Waals surface area contributed by atoms with Crippen LogP contribution in [0.15, 0.2) is 34.9 Å². The summed E-state index contributed by atoms with van der Waals surface area (Å²) in [6.45, 7) is 4.85. The van der Waals surface area contributed by atoms with Gasteiger partial charge in [0.15, 0.2) is 5.78 Å². The second kappa shape index (κ2) is 10.4. The number of amides is 2. The highest BCUT2D eigenvalue weighted by Crippen LogP contribution is 2.39. The number of piperidine rings is 1. The molecule has 2 saturated carbocycles. The quantitative estimate of drug-likeness (QED) is 0.403. The van der Waals surface area contributed by atoms with Gasteiger partial charge >= 0.3 is 0 Å². The lowest BCUT2D eigenvalue weighted by molar-refractivity contribution is 0.0932.